The van der Waals surface area contributed by atoms with Crippen LogP contribution in [0.5, 0.6) is 0 Å². The first-order chi connectivity index (χ1) is 10.6. The van der Waals surface area contributed by atoms with Gasteiger partial charge in [0.1, 0.15) is 6.54 Å². The maximum Gasteiger partial charge on any atom is 0.343 e. The van der Waals surface area contributed by atoms with Crippen molar-refractivity contribution in [2.45, 2.75) is 19.3 Å². The number of aromatic nitrogens is 1. The Labute approximate surface area is 130 Å². The molecule has 0 aliphatic carbocycles. The Morgan fingerprint density at radius 1 is 1.36 bits per heavy atom. The molecule has 2 aromatic rings. The highest BCUT2D eigenvalue weighted by Crippen LogP contribution is 2.22. The zero-order valence-electron chi connectivity index (χ0n) is 11.7. The average molecular weight is 318 g/mol. The average Bonchev–Trinajstić information content (AvgIpc) is 3.01. The van der Waals surface area contributed by atoms with Crippen molar-refractivity contribution in [1.29, 1.82) is 0 Å². The Balaban J connectivity index is 1.47. The predicted molar refractivity (Wildman–Crippen MR) is 80.9 cm³/mol. The highest BCUT2D eigenvalue weighted by atomic mass is 32.1. The number of nitrogens with zero attached hydrogens (tertiary/aromatic N) is 2. The van der Waals surface area contributed by atoms with E-state index in [9.17, 15) is 14.4 Å². The number of para-hydroxylation sites is 1. The molecule has 2 heterocycles. The summed E-state index contributed by atoms with van der Waals surface area (Å²) in [6.07, 6.45) is 1.61. The van der Waals surface area contributed by atoms with Crippen LogP contribution in [0.15, 0.2) is 24.3 Å². The van der Waals surface area contributed by atoms with Crippen LogP contribution in [0.3, 0.4) is 0 Å². The number of nitrogens with one attached hydrogen (secondary N) is 2. The molecule has 0 saturated carbocycles. The van der Waals surface area contributed by atoms with E-state index in [0.29, 0.717) is 12.8 Å². The number of amides is 4. The van der Waals surface area contributed by atoms with Gasteiger partial charge in [-0.2, -0.15) is 0 Å². The lowest BCUT2D eigenvalue weighted by atomic mass is 10.2. The Hall–Kier alpha value is -2.48. The van der Waals surface area contributed by atoms with Gasteiger partial charge < -0.3 is 0 Å². The zero-order valence-corrected chi connectivity index (χ0v) is 12.5. The minimum atomic E-state index is -0.593. The molecule has 1 aromatic heterocycles. The van der Waals surface area contributed by atoms with E-state index in [1.165, 1.54) is 0 Å². The summed E-state index contributed by atoms with van der Waals surface area (Å²) in [7, 11) is 0. The van der Waals surface area contributed by atoms with E-state index in [0.717, 1.165) is 20.2 Å². The maximum atomic E-state index is 11.8. The van der Waals surface area contributed by atoms with Crippen molar-refractivity contribution in [1.82, 2.24) is 20.7 Å². The molecule has 1 saturated heterocycles. The number of thiazole rings is 1. The molecule has 1 fully saturated rings. The minimum absolute atomic E-state index is 0.136. The molecule has 2 N–H and O–H groups in total. The third-order valence-corrected chi connectivity index (χ3v) is 4.28. The Morgan fingerprint density at radius 3 is 2.91 bits per heavy atom. The van der Waals surface area contributed by atoms with E-state index in [1.807, 2.05) is 24.3 Å². The van der Waals surface area contributed by atoms with E-state index in [1.54, 1.807) is 11.3 Å². The second-order valence-electron chi connectivity index (χ2n) is 4.90. The predicted octanol–water partition coefficient (Wildman–Crippen LogP) is 1.20. The second-order valence-corrected chi connectivity index (χ2v) is 6.02. The summed E-state index contributed by atoms with van der Waals surface area (Å²) in [6, 6.07) is 7.31. The molecule has 0 spiro atoms. The zero-order chi connectivity index (χ0) is 15.5. The van der Waals surface area contributed by atoms with Crippen molar-refractivity contribution in [3.63, 3.8) is 0 Å². The summed E-state index contributed by atoms with van der Waals surface area (Å²) in [6.45, 7) is -0.136. The normalized spacial score (nSPS) is 14.5. The largest absolute Gasteiger partial charge is 0.343 e. The smallest absolute Gasteiger partial charge is 0.275 e. The summed E-state index contributed by atoms with van der Waals surface area (Å²) in [5.74, 6) is -0.703. The van der Waals surface area contributed by atoms with Crippen molar-refractivity contribution < 1.29 is 14.4 Å². The summed E-state index contributed by atoms with van der Waals surface area (Å²) >= 11 is 1.62. The van der Waals surface area contributed by atoms with Gasteiger partial charge in [0.15, 0.2) is 0 Å². The minimum Gasteiger partial charge on any atom is -0.275 e. The molecule has 0 unspecified atom stereocenters. The van der Waals surface area contributed by atoms with Crippen LogP contribution in [-0.2, 0) is 16.0 Å². The lowest BCUT2D eigenvalue weighted by Crippen LogP contribution is -2.44. The van der Waals surface area contributed by atoms with Gasteiger partial charge in [-0.15, -0.1) is 11.3 Å². The first-order valence-corrected chi connectivity index (χ1v) is 7.69. The quantitative estimate of drug-likeness (QED) is 0.810. The van der Waals surface area contributed by atoms with Crippen LogP contribution in [0.4, 0.5) is 4.79 Å². The number of benzene rings is 1. The molecular formula is C14H14N4O3S. The van der Waals surface area contributed by atoms with Gasteiger partial charge in [-0.25, -0.2) is 14.8 Å². The molecule has 22 heavy (non-hydrogen) atoms. The summed E-state index contributed by atoms with van der Waals surface area (Å²) in [5, 5.41) is 4.07. The van der Waals surface area contributed by atoms with Crippen LogP contribution in [0.2, 0.25) is 0 Å². The Bertz CT molecular complexity index is 710. The number of imide groups is 1. The van der Waals surface area contributed by atoms with E-state index in [2.05, 4.69) is 15.7 Å². The van der Waals surface area contributed by atoms with Crippen molar-refractivity contribution >= 4 is 39.4 Å². The molecular weight excluding hydrogens is 304 g/mol. The number of rotatable bonds is 5. The number of aryl methyl sites for hydroxylation is 1. The molecule has 0 atom stereocenters. The van der Waals surface area contributed by atoms with Crippen molar-refractivity contribution in [2.75, 3.05) is 6.54 Å². The van der Waals surface area contributed by atoms with Crippen LogP contribution in [0.25, 0.3) is 10.2 Å². The summed E-state index contributed by atoms with van der Waals surface area (Å²) in [5.41, 5.74) is 3.39. The molecule has 8 heteroatoms. The van der Waals surface area contributed by atoms with Gasteiger partial charge in [0.25, 0.3) is 0 Å². The molecule has 0 bridgehead atoms. The Morgan fingerprint density at radius 2 is 2.18 bits per heavy atom. The molecule has 7 nitrogen and oxygen atoms in total. The van der Waals surface area contributed by atoms with E-state index in [-0.39, 0.29) is 18.9 Å². The first kappa shape index (κ1) is 14.5. The van der Waals surface area contributed by atoms with Gasteiger partial charge in [0, 0.05) is 6.42 Å². The molecule has 4 amide bonds. The first-order valence-electron chi connectivity index (χ1n) is 6.87. The van der Waals surface area contributed by atoms with Crippen molar-refractivity contribution in [3.8, 4) is 0 Å². The van der Waals surface area contributed by atoms with Gasteiger partial charge in [-0.05, 0) is 25.0 Å². The third-order valence-electron chi connectivity index (χ3n) is 3.19. The van der Waals surface area contributed by atoms with Crippen LogP contribution >= 0.6 is 11.3 Å². The Kier molecular flexibility index (Phi) is 4.01. The highest BCUT2D eigenvalue weighted by Gasteiger charge is 2.27. The molecule has 1 aromatic carbocycles. The van der Waals surface area contributed by atoms with Crippen molar-refractivity contribution in [3.05, 3.63) is 29.3 Å². The number of hydrogen-bond acceptors (Lipinski definition) is 5. The standard InChI is InChI=1S/C14H14N4O3S/c19-11(17-18-8-12(20)16-14(18)21)6-3-7-13-15-9-4-1-2-5-10(9)22-13/h1-2,4-5H,3,6-8H2,(H,17,19)(H,16,20,21). The fourth-order valence-corrected chi connectivity index (χ4v) is 3.17. The van der Waals surface area contributed by atoms with Crippen LogP contribution in [0.1, 0.15) is 17.8 Å². The topological polar surface area (TPSA) is 91.4 Å². The number of carbonyl (C=O) groups is 3. The summed E-state index contributed by atoms with van der Waals surface area (Å²) < 4.78 is 1.13. The molecule has 3 rings (SSSR count). The van der Waals surface area contributed by atoms with Gasteiger partial charge in [-0.3, -0.25) is 20.3 Å². The van der Waals surface area contributed by atoms with E-state index < -0.39 is 11.9 Å². The monoisotopic (exact) mass is 318 g/mol. The second kappa shape index (κ2) is 6.10. The maximum absolute atomic E-state index is 11.8. The lowest BCUT2D eigenvalue weighted by Gasteiger charge is -2.14. The number of urea groups is 1. The highest BCUT2D eigenvalue weighted by molar-refractivity contribution is 7.18. The van der Waals surface area contributed by atoms with E-state index >= 15 is 0 Å². The summed E-state index contributed by atoms with van der Waals surface area (Å²) in [4.78, 5) is 38.5. The fraction of sp³-hybridized carbons (Fsp3) is 0.286. The molecule has 114 valence electrons. The van der Waals surface area contributed by atoms with Gasteiger partial charge >= 0.3 is 6.03 Å². The van der Waals surface area contributed by atoms with Crippen LogP contribution < -0.4 is 10.7 Å². The number of hydrazine groups is 1. The third kappa shape index (κ3) is 3.22. The van der Waals surface area contributed by atoms with Crippen LogP contribution in [0, 0.1) is 0 Å². The van der Waals surface area contributed by atoms with Gasteiger partial charge in [-0.1, -0.05) is 12.1 Å². The van der Waals surface area contributed by atoms with Gasteiger partial charge in [0.2, 0.25) is 11.8 Å². The van der Waals surface area contributed by atoms with Crippen molar-refractivity contribution in [2.24, 2.45) is 0 Å². The van der Waals surface area contributed by atoms with Crippen LogP contribution in [-0.4, -0.2) is 34.4 Å². The molecule has 0 radical (unpaired) electrons. The van der Waals surface area contributed by atoms with E-state index in [4.69, 9.17) is 0 Å². The lowest BCUT2D eigenvalue weighted by molar-refractivity contribution is -0.125. The number of fused-ring (bicyclic) bond motifs is 1. The molecule has 1 aliphatic heterocycles. The number of hydrogen-bond donors (Lipinski definition) is 2. The number of carbonyl (C=O) groups excluding carboxylic acids is 3. The SMILES string of the molecule is O=C1CN(NC(=O)CCCc2nc3ccccc3s2)C(=O)N1. The fourth-order valence-electron chi connectivity index (χ4n) is 2.17. The molecule has 1 aliphatic rings. The van der Waals surface area contributed by atoms with Gasteiger partial charge in [0.05, 0.1) is 15.2 Å².